The van der Waals surface area contributed by atoms with Gasteiger partial charge in [-0.2, -0.15) is 0 Å². The number of nitrogens with one attached hydrogen (secondary N) is 1. The van der Waals surface area contributed by atoms with Crippen molar-refractivity contribution in [1.29, 1.82) is 0 Å². The summed E-state index contributed by atoms with van der Waals surface area (Å²) in [5.74, 6) is 0.192. The van der Waals surface area contributed by atoms with Gasteiger partial charge in [-0.05, 0) is 29.1 Å². The normalized spacial score (nSPS) is 11.5. The van der Waals surface area contributed by atoms with Crippen LogP contribution in [-0.4, -0.2) is 25.6 Å². The van der Waals surface area contributed by atoms with Crippen LogP contribution in [0.15, 0.2) is 52.9 Å². The summed E-state index contributed by atoms with van der Waals surface area (Å²) in [4.78, 5) is 16.7. The van der Waals surface area contributed by atoms with E-state index in [0.29, 0.717) is 11.4 Å². The number of thiophene rings is 1. The predicted molar refractivity (Wildman–Crippen MR) is 91.5 cm³/mol. The zero-order valence-corrected chi connectivity index (χ0v) is 13.9. The van der Waals surface area contributed by atoms with Gasteiger partial charge in [0.1, 0.15) is 5.82 Å². The maximum Gasteiger partial charge on any atom is 0.230 e. The molecule has 0 bridgehead atoms. The fourth-order valence-corrected chi connectivity index (χ4v) is 4.08. The molecule has 1 amide bonds. The Balaban J connectivity index is 1.85. The highest BCUT2D eigenvalue weighted by molar-refractivity contribution is 7.90. The molecule has 0 fully saturated rings. The average Bonchev–Trinajstić information content (AvgIpc) is 2.96. The van der Waals surface area contributed by atoms with E-state index >= 15 is 0 Å². The van der Waals surface area contributed by atoms with Crippen molar-refractivity contribution in [3.05, 3.63) is 53.5 Å². The molecule has 0 spiro atoms. The largest absolute Gasteiger partial charge is 0.310 e. The summed E-state index contributed by atoms with van der Waals surface area (Å²) in [6.07, 6.45) is 2.75. The van der Waals surface area contributed by atoms with Crippen LogP contribution in [0.2, 0.25) is 0 Å². The van der Waals surface area contributed by atoms with E-state index in [9.17, 15) is 13.2 Å². The third-order valence-corrected chi connectivity index (χ3v) is 5.44. The summed E-state index contributed by atoms with van der Waals surface area (Å²) in [5.41, 5.74) is 0.477. The Labute approximate surface area is 137 Å². The number of amides is 1. The van der Waals surface area contributed by atoms with Gasteiger partial charge in [-0.3, -0.25) is 4.79 Å². The quantitative estimate of drug-likeness (QED) is 0.788. The van der Waals surface area contributed by atoms with Crippen LogP contribution in [0.5, 0.6) is 0 Å². The van der Waals surface area contributed by atoms with Gasteiger partial charge in [0.25, 0.3) is 0 Å². The molecule has 2 heterocycles. The summed E-state index contributed by atoms with van der Waals surface area (Å²) in [6.45, 7) is 0. The molecule has 3 rings (SSSR count). The first kappa shape index (κ1) is 15.6. The summed E-state index contributed by atoms with van der Waals surface area (Å²) >= 11 is 1.57. The lowest BCUT2D eigenvalue weighted by Crippen LogP contribution is -2.17. The molecule has 0 radical (unpaired) electrons. The molecule has 1 aromatic carbocycles. The van der Waals surface area contributed by atoms with Crippen LogP contribution in [-0.2, 0) is 21.1 Å². The molecule has 0 aliphatic rings. The molecule has 2 aromatic heterocycles. The Morgan fingerprint density at radius 2 is 2.00 bits per heavy atom. The molecule has 0 aliphatic carbocycles. The van der Waals surface area contributed by atoms with Crippen LogP contribution in [0, 0.1) is 0 Å². The minimum absolute atomic E-state index is 0.0224. The minimum Gasteiger partial charge on any atom is -0.310 e. The summed E-state index contributed by atoms with van der Waals surface area (Å²) < 4.78 is 24.6. The number of hydrogen-bond donors (Lipinski definition) is 1. The highest BCUT2D eigenvalue weighted by Gasteiger charge is 2.16. The molecule has 0 aliphatic heterocycles. The predicted octanol–water partition coefficient (Wildman–Crippen LogP) is 2.88. The van der Waals surface area contributed by atoms with E-state index in [1.165, 1.54) is 6.07 Å². The van der Waals surface area contributed by atoms with E-state index in [-0.39, 0.29) is 17.2 Å². The first-order valence-electron chi connectivity index (χ1n) is 6.85. The number of hydrogen-bond acceptors (Lipinski definition) is 5. The van der Waals surface area contributed by atoms with E-state index in [2.05, 4.69) is 10.3 Å². The lowest BCUT2D eigenvalue weighted by Gasteiger charge is -2.09. The molecule has 7 heteroatoms. The van der Waals surface area contributed by atoms with Crippen molar-refractivity contribution < 1.29 is 13.2 Å². The summed E-state index contributed by atoms with van der Waals surface area (Å²) in [6, 6.07) is 10.3. The zero-order valence-electron chi connectivity index (χ0n) is 12.3. The maximum atomic E-state index is 12.3. The smallest absolute Gasteiger partial charge is 0.230 e. The molecule has 0 saturated carbocycles. The van der Waals surface area contributed by atoms with Gasteiger partial charge in [0.05, 0.1) is 11.3 Å². The first-order chi connectivity index (χ1) is 10.9. The van der Waals surface area contributed by atoms with Crippen molar-refractivity contribution in [3.8, 4) is 0 Å². The average molecular weight is 346 g/mol. The number of carbonyl (C=O) groups is 1. The monoisotopic (exact) mass is 346 g/mol. The molecular weight excluding hydrogens is 332 g/mol. The van der Waals surface area contributed by atoms with Crippen LogP contribution in [0.3, 0.4) is 0 Å². The number of aromatic nitrogens is 1. The van der Waals surface area contributed by atoms with Gasteiger partial charge in [0.15, 0.2) is 9.84 Å². The SMILES string of the molecule is CS(=O)(=O)c1ccccc1CC(=O)Nc1nccc2sccc12. The molecule has 118 valence electrons. The molecule has 0 atom stereocenters. The van der Waals surface area contributed by atoms with Gasteiger partial charge < -0.3 is 5.32 Å². The van der Waals surface area contributed by atoms with Gasteiger partial charge in [0, 0.05) is 22.5 Å². The van der Waals surface area contributed by atoms with E-state index in [1.807, 2.05) is 17.5 Å². The fourth-order valence-electron chi connectivity index (χ4n) is 2.36. The summed E-state index contributed by atoms with van der Waals surface area (Å²) in [5, 5.41) is 5.57. The second-order valence-corrected chi connectivity index (χ2v) is 8.03. The number of rotatable bonds is 4. The lowest BCUT2D eigenvalue weighted by atomic mass is 10.1. The Morgan fingerprint density at radius 1 is 1.22 bits per heavy atom. The first-order valence-corrected chi connectivity index (χ1v) is 9.62. The molecule has 5 nitrogen and oxygen atoms in total. The molecule has 23 heavy (non-hydrogen) atoms. The summed E-state index contributed by atoms with van der Waals surface area (Å²) in [7, 11) is -3.37. The number of sulfone groups is 1. The second-order valence-electron chi connectivity index (χ2n) is 5.10. The minimum atomic E-state index is -3.37. The van der Waals surface area contributed by atoms with E-state index in [0.717, 1.165) is 16.3 Å². The Morgan fingerprint density at radius 3 is 2.78 bits per heavy atom. The van der Waals surface area contributed by atoms with Crippen LogP contribution < -0.4 is 5.32 Å². The van der Waals surface area contributed by atoms with Crippen molar-refractivity contribution in [1.82, 2.24) is 4.98 Å². The van der Waals surface area contributed by atoms with Crippen LogP contribution >= 0.6 is 11.3 Å². The fraction of sp³-hybridized carbons (Fsp3) is 0.125. The van der Waals surface area contributed by atoms with Gasteiger partial charge in [-0.1, -0.05) is 18.2 Å². The standard InChI is InChI=1S/C16H14N2O3S2/c1-23(20,21)14-5-3-2-4-11(14)10-15(19)18-16-12-7-9-22-13(12)6-8-17-16/h2-9H,10H2,1H3,(H,17,18,19). The van der Waals surface area contributed by atoms with Crippen LogP contribution in [0.4, 0.5) is 5.82 Å². The highest BCUT2D eigenvalue weighted by Crippen LogP contribution is 2.26. The highest BCUT2D eigenvalue weighted by atomic mass is 32.2. The van der Waals surface area contributed by atoms with Crippen molar-refractivity contribution in [2.75, 3.05) is 11.6 Å². The third kappa shape index (κ3) is 3.40. The zero-order chi connectivity index (χ0) is 16.4. The molecule has 0 unspecified atom stereocenters. The van der Waals surface area contributed by atoms with Crippen molar-refractivity contribution in [3.63, 3.8) is 0 Å². The molecular formula is C16H14N2O3S2. The molecule has 3 aromatic rings. The van der Waals surface area contributed by atoms with E-state index in [1.54, 1.807) is 35.7 Å². The number of carbonyl (C=O) groups excluding carboxylic acids is 1. The Bertz CT molecular complexity index is 978. The van der Waals surface area contributed by atoms with Crippen molar-refractivity contribution >= 4 is 43.0 Å². The topological polar surface area (TPSA) is 76.1 Å². The van der Waals surface area contributed by atoms with Gasteiger partial charge in [-0.25, -0.2) is 13.4 Å². The van der Waals surface area contributed by atoms with Crippen molar-refractivity contribution in [2.45, 2.75) is 11.3 Å². The van der Waals surface area contributed by atoms with Crippen LogP contribution in [0.25, 0.3) is 10.1 Å². The Hall–Kier alpha value is -2.25. The van der Waals surface area contributed by atoms with Crippen LogP contribution in [0.1, 0.15) is 5.56 Å². The Kier molecular flexibility index (Phi) is 4.14. The third-order valence-electron chi connectivity index (χ3n) is 3.36. The lowest BCUT2D eigenvalue weighted by molar-refractivity contribution is -0.115. The second kappa shape index (κ2) is 6.10. The van der Waals surface area contributed by atoms with Gasteiger partial charge >= 0.3 is 0 Å². The molecule has 0 saturated heterocycles. The number of fused-ring (bicyclic) bond motifs is 1. The van der Waals surface area contributed by atoms with Gasteiger partial charge in [-0.15, -0.1) is 11.3 Å². The number of benzene rings is 1. The number of anilines is 1. The number of nitrogens with zero attached hydrogens (tertiary/aromatic N) is 1. The maximum absolute atomic E-state index is 12.3. The van der Waals surface area contributed by atoms with Crippen molar-refractivity contribution in [2.24, 2.45) is 0 Å². The number of pyridine rings is 1. The van der Waals surface area contributed by atoms with E-state index in [4.69, 9.17) is 0 Å². The molecule has 1 N–H and O–H groups in total. The van der Waals surface area contributed by atoms with Gasteiger partial charge in [0.2, 0.25) is 5.91 Å². The van der Waals surface area contributed by atoms with E-state index < -0.39 is 9.84 Å².